The summed E-state index contributed by atoms with van der Waals surface area (Å²) in [6.07, 6.45) is -0.362. The Labute approximate surface area is 124 Å². The maximum Gasteiger partial charge on any atom is 0.352 e. The molecule has 2 heterocycles. The van der Waals surface area contributed by atoms with Gasteiger partial charge in [-0.05, 0) is 6.92 Å². The van der Waals surface area contributed by atoms with Crippen molar-refractivity contribution < 1.29 is 29.0 Å². The maximum absolute atomic E-state index is 11.7. The molecule has 1 saturated heterocycles. The van der Waals surface area contributed by atoms with E-state index < -0.39 is 23.9 Å². The van der Waals surface area contributed by atoms with Gasteiger partial charge in [-0.25, -0.2) is 4.79 Å². The van der Waals surface area contributed by atoms with Crippen LogP contribution < -0.4 is 5.73 Å². The molecule has 2 atom stereocenters. The molecule has 9 heteroatoms. The fourth-order valence-electron chi connectivity index (χ4n) is 2.11. The van der Waals surface area contributed by atoms with E-state index in [1.54, 1.807) is 0 Å². The van der Waals surface area contributed by atoms with E-state index in [4.69, 9.17) is 10.5 Å². The summed E-state index contributed by atoms with van der Waals surface area (Å²) in [7, 11) is 0. The topological polar surface area (TPSA) is 127 Å². The lowest BCUT2D eigenvalue weighted by atomic mass is 10.0. The van der Waals surface area contributed by atoms with Crippen molar-refractivity contribution in [3.05, 3.63) is 11.3 Å². The molecule has 2 rings (SSSR count). The molecule has 1 amide bonds. The fourth-order valence-corrected chi connectivity index (χ4v) is 3.39. The number of esters is 1. The van der Waals surface area contributed by atoms with Gasteiger partial charge in [0.25, 0.3) is 0 Å². The molecule has 3 N–H and O–H groups in total. The number of hydrogen-bond acceptors (Lipinski definition) is 7. The first-order chi connectivity index (χ1) is 9.82. The summed E-state index contributed by atoms with van der Waals surface area (Å²) < 4.78 is 4.88. The number of fused-ring (bicyclic) bond motifs is 1. The van der Waals surface area contributed by atoms with E-state index in [1.807, 2.05) is 0 Å². The molecule has 2 aliphatic heterocycles. The van der Waals surface area contributed by atoms with Crippen LogP contribution in [-0.4, -0.2) is 57.4 Å². The average Bonchev–Trinajstić information content (AvgIpc) is 2.42. The molecular weight excluding hydrogens is 300 g/mol. The van der Waals surface area contributed by atoms with Crippen molar-refractivity contribution >= 4 is 35.4 Å². The van der Waals surface area contributed by atoms with E-state index in [2.05, 4.69) is 0 Å². The number of thioether (sulfide) groups is 1. The molecule has 8 nitrogen and oxygen atoms in total. The second-order valence-corrected chi connectivity index (χ2v) is 5.84. The van der Waals surface area contributed by atoms with Crippen molar-refractivity contribution in [3.63, 3.8) is 0 Å². The predicted molar refractivity (Wildman–Crippen MR) is 72.0 cm³/mol. The number of nitrogens with zero attached hydrogens (tertiary/aromatic N) is 1. The molecule has 0 bridgehead atoms. The molecular formula is C12H14N2O6S. The van der Waals surface area contributed by atoms with Gasteiger partial charge in [0.15, 0.2) is 0 Å². The first-order valence-corrected chi connectivity index (χ1v) is 7.18. The first kappa shape index (κ1) is 15.5. The Morgan fingerprint density at radius 3 is 2.71 bits per heavy atom. The van der Waals surface area contributed by atoms with Crippen LogP contribution in [0.2, 0.25) is 0 Å². The average molecular weight is 314 g/mol. The van der Waals surface area contributed by atoms with Gasteiger partial charge in [-0.3, -0.25) is 19.3 Å². The monoisotopic (exact) mass is 314 g/mol. The van der Waals surface area contributed by atoms with E-state index in [-0.39, 0.29) is 29.9 Å². The number of ketones is 1. The lowest BCUT2D eigenvalue weighted by Gasteiger charge is -2.47. The summed E-state index contributed by atoms with van der Waals surface area (Å²) >= 11 is 1.32. The number of carbonyl (C=O) groups is 4. The highest BCUT2D eigenvalue weighted by Crippen LogP contribution is 2.39. The molecule has 114 valence electrons. The van der Waals surface area contributed by atoms with E-state index in [0.717, 1.165) is 4.90 Å². The van der Waals surface area contributed by atoms with Crippen molar-refractivity contribution in [2.24, 2.45) is 5.73 Å². The predicted octanol–water partition coefficient (Wildman–Crippen LogP) is -0.910. The van der Waals surface area contributed by atoms with Crippen LogP contribution in [0.5, 0.6) is 0 Å². The third kappa shape index (κ3) is 2.93. The van der Waals surface area contributed by atoms with Crippen LogP contribution in [0.1, 0.15) is 13.3 Å². The van der Waals surface area contributed by atoms with Crippen LogP contribution >= 0.6 is 11.8 Å². The highest BCUT2D eigenvalue weighted by molar-refractivity contribution is 8.00. The molecule has 0 spiro atoms. The number of nitrogens with two attached hydrogens (primary N) is 1. The van der Waals surface area contributed by atoms with Crippen molar-refractivity contribution in [1.82, 2.24) is 4.90 Å². The highest BCUT2D eigenvalue weighted by Gasteiger charge is 2.51. The molecule has 1 fully saturated rings. The summed E-state index contributed by atoms with van der Waals surface area (Å²) in [5.41, 5.74) is 5.75. The second-order valence-electron chi connectivity index (χ2n) is 4.73. The highest BCUT2D eigenvalue weighted by atomic mass is 32.2. The Hall–Kier alpha value is -1.87. The van der Waals surface area contributed by atoms with Gasteiger partial charge in [0.05, 0.1) is 0 Å². The zero-order valence-electron chi connectivity index (χ0n) is 11.2. The van der Waals surface area contributed by atoms with Gasteiger partial charge < -0.3 is 15.6 Å². The number of carbonyl (C=O) groups excluding carboxylic acids is 3. The van der Waals surface area contributed by atoms with Gasteiger partial charge in [0.2, 0.25) is 5.91 Å². The SMILES string of the molecule is CC(=O)CC(=O)OCC1=C(C(=O)O)N2C(=O)[C@H](N)[C@@H]2SC1. The molecule has 0 aromatic carbocycles. The number of hydrogen-bond donors (Lipinski definition) is 2. The Bertz CT molecular complexity index is 558. The summed E-state index contributed by atoms with van der Waals surface area (Å²) in [5, 5.41) is 8.86. The van der Waals surface area contributed by atoms with Gasteiger partial charge in [0.1, 0.15) is 35.9 Å². The molecule has 0 aromatic heterocycles. The number of β-lactam (4-membered cyclic amide) rings is 1. The van der Waals surface area contributed by atoms with E-state index in [1.165, 1.54) is 18.7 Å². The van der Waals surface area contributed by atoms with Crippen molar-refractivity contribution in [2.75, 3.05) is 12.4 Å². The smallest absolute Gasteiger partial charge is 0.352 e. The molecule has 0 aromatic rings. The van der Waals surface area contributed by atoms with Crippen molar-refractivity contribution in [2.45, 2.75) is 24.8 Å². The quantitative estimate of drug-likeness (QED) is 0.379. The van der Waals surface area contributed by atoms with E-state index in [0.29, 0.717) is 11.3 Å². The molecule has 2 aliphatic rings. The summed E-state index contributed by atoms with van der Waals surface area (Å²) in [6, 6.07) is -0.703. The van der Waals surface area contributed by atoms with Gasteiger partial charge in [-0.15, -0.1) is 11.8 Å². The fraction of sp³-hybridized carbons (Fsp3) is 0.500. The van der Waals surface area contributed by atoms with Crippen molar-refractivity contribution in [3.8, 4) is 0 Å². The minimum atomic E-state index is -1.27. The lowest BCUT2D eigenvalue weighted by Crippen LogP contribution is -2.68. The van der Waals surface area contributed by atoms with Gasteiger partial charge in [0, 0.05) is 11.3 Å². The van der Waals surface area contributed by atoms with E-state index in [9.17, 15) is 24.3 Å². The first-order valence-electron chi connectivity index (χ1n) is 6.13. The van der Waals surface area contributed by atoms with Crippen LogP contribution in [0.3, 0.4) is 0 Å². The Kier molecular flexibility index (Phi) is 4.33. The normalized spacial score (nSPS) is 24.3. The number of Topliss-reactive ketones (excluding diaryl/α,β-unsaturated/α-hetero) is 1. The summed E-state index contributed by atoms with van der Waals surface area (Å²) in [4.78, 5) is 46.2. The Morgan fingerprint density at radius 1 is 1.48 bits per heavy atom. The largest absolute Gasteiger partial charge is 0.477 e. The van der Waals surface area contributed by atoms with Crippen molar-refractivity contribution in [1.29, 1.82) is 0 Å². The molecule has 0 radical (unpaired) electrons. The summed E-state index contributed by atoms with van der Waals surface area (Å²) in [5.74, 6) is -2.49. The zero-order valence-corrected chi connectivity index (χ0v) is 12.0. The molecule has 0 unspecified atom stereocenters. The van der Waals surface area contributed by atoms with Crippen LogP contribution in [-0.2, 0) is 23.9 Å². The second kappa shape index (κ2) is 5.86. The number of amides is 1. The number of carboxylic acids is 1. The third-order valence-electron chi connectivity index (χ3n) is 3.09. The molecule has 21 heavy (non-hydrogen) atoms. The maximum atomic E-state index is 11.7. The van der Waals surface area contributed by atoms with Crippen LogP contribution in [0.4, 0.5) is 0 Å². The Balaban J connectivity index is 2.12. The zero-order chi connectivity index (χ0) is 15.7. The number of ether oxygens (including phenoxy) is 1. The van der Waals surface area contributed by atoms with Gasteiger partial charge in [-0.1, -0.05) is 0 Å². The standard InChI is InChI=1S/C12H14N2O6S/c1-5(15)2-7(16)20-3-6-4-21-11-8(13)10(17)14(11)9(6)12(18)19/h8,11H,2-4,13H2,1H3,(H,18,19)/t8-,11-/m0/s1. The van der Waals surface area contributed by atoms with Crippen LogP contribution in [0.15, 0.2) is 11.3 Å². The molecule has 0 aliphatic carbocycles. The minimum absolute atomic E-state index is 0.180. The Morgan fingerprint density at radius 2 is 2.14 bits per heavy atom. The summed E-state index contributed by atoms with van der Waals surface area (Å²) in [6.45, 7) is 0.997. The third-order valence-corrected chi connectivity index (χ3v) is 4.45. The molecule has 0 saturated carbocycles. The van der Waals surface area contributed by atoms with Crippen LogP contribution in [0.25, 0.3) is 0 Å². The minimum Gasteiger partial charge on any atom is -0.477 e. The van der Waals surface area contributed by atoms with E-state index >= 15 is 0 Å². The number of carboxylic acid groups (broad SMARTS) is 1. The van der Waals surface area contributed by atoms with Crippen LogP contribution in [0, 0.1) is 0 Å². The van der Waals surface area contributed by atoms with Gasteiger partial charge in [-0.2, -0.15) is 0 Å². The number of rotatable bonds is 5. The van der Waals surface area contributed by atoms with Gasteiger partial charge >= 0.3 is 11.9 Å². The lowest BCUT2D eigenvalue weighted by molar-refractivity contribution is -0.148. The number of aliphatic carboxylic acids is 1.